The van der Waals surface area contributed by atoms with Crippen molar-refractivity contribution in [1.29, 1.82) is 0 Å². The minimum atomic E-state index is -0.686. The monoisotopic (exact) mass is 257 g/mol. The number of rotatable bonds is 10. The third kappa shape index (κ3) is 9.46. The number of carbonyl (C=O) groups is 1. The van der Waals surface area contributed by atoms with Crippen LogP contribution in [-0.4, -0.2) is 35.1 Å². The smallest absolute Gasteiger partial charge is 0.303 e. The van der Waals surface area contributed by atoms with Crippen LogP contribution in [0.15, 0.2) is 0 Å². The molecule has 0 bridgehead atoms. The van der Waals surface area contributed by atoms with Gasteiger partial charge in [0.2, 0.25) is 0 Å². The van der Waals surface area contributed by atoms with Crippen LogP contribution in [0.5, 0.6) is 0 Å². The van der Waals surface area contributed by atoms with Crippen LogP contribution in [-0.2, 0) is 4.79 Å². The van der Waals surface area contributed by atoms with Crippen LogP contribution in [0.25, 0.3) is 0 Å². The van der Waals surface area contributed by atoms with Gasteiger partial charge in [-0.1, -0.05) is 27.7 Å². The fourth-order valence-electron chi connectivity index (χ4n) is 1.92. The van der Waals surface area contributed by atoms with E-state index >= 15 is 0 Å². The van der Waals surface area contributed by atoms with Gasteiger partial charge in [0.15, 0.2) is 0 Å². The Labute approximate surface area is 113 Å². The van der Waals surface area contributed by atoms with Gasteiger partial charge in [0.25, 0.3) is 0 Å². The molecule has 0 radical (unpaired) electrons. The molecule has 0 saturated heterocycles. The summed E-state index contributed by atoms with van der Waals surface area (Å²) >= 11 is 0. The Morgan fingerprint density at radius 2 is 1.39 bits per heavy atom. The van der Waals surface area contributed by atoms with Crippen LogP contribution in [0.2, 0.25) is 0 Å². The number of aliphatic carboxylic acids is 1. The summed E-state index contributed by atoms with van der Waals surface area (Å²) < 4.78 is 0. The molecule has 0 aromatic rings. The molecular formula is C15H31NO2. The van der Waals surface area contributed by atoms with Crippen LogP contribution in [0.1, 0.15) is 60.3 Å². The van der Waals surface area contributed by atoms with Gasteiger partial charge in [-0.25, -0.2) is 0 Å². The predicted octanol–water partition coefficient (Wildman–Crippen LogP) is 3.63. The van der Waals surface area contributed by atoms with Crippen molar-refractivity contribution < 1.29 is 9.90 Å². The fourth-order valence-corrected chi connectivity index (χ4v) is 1.92. The number of hydrogen-bond acceptors (Lipinski definition) is 2. The molecule has 3 nitrogen and oxygen atoms in total. The van der Waals surface area contributed by atoms with E-state index in [9.17, 15) is 4.79 Å². The van der Waals surface area contributed by atoms with Gasteiger partial charge in [-0.2, -0.15) is 0 Å². The second kappa shape index (κ2) is 9.37. The Morgan fingerprint density at radius 3 is 1.72 bits per heavy atom. The normalized spacial score (nSPS) is 13.6. The second-order valence-corrected chi connectivity index (χ2v) is 6.18. The third-order valence-electron chi connectivity index (χ3n) is 3.39. The molecule has 0 aromatic carbocycles. The molecule has 0 aliphatic rings. The Hall–Kier alpha value is -0.570. The predicted molar refractivity (Wildman–Crippen MR) is 76.8 cm³/mol. The summed E-state index contributed by atoms with van der Waals surface area (Å²) in [5.41, 5.74) is 0. The molecule has 1 atom stereocenters. The highest BCUT2D eigenvalue weighted by Crippen LogP contribution is 2.13. The largest absolute Gasteiger partial charge is 0.481 e. The van der Waals surface area contributed by atoms with Gasteiger partial charge in [0.05, 0.1) is 0 Å². The highest BCUT2D eigenvalue weighted by molar-refractivity contribution is 5.66. The van der Waals surface area contributed by atoms with Gasteiger partial charge in [0, 0.05) is 12.5 Å². The zero-order chi connectivity index (χ0) is 14.1. The molecule has 1 N–H and O–H groups in total. The van der Waals surface area contributed by atoms with E-state index in [0.29, 0.717) is 17.9 Å². The van der Waals surface area contributed by atoms with Gasteiger partial charge in [0.1, 0.15) is 0 Å². The van der Waals surface area contributed by atoms with Crippen molar-refractivity contribution in [3.63, 3.8) is 0 Å². The summed E-state index contributed by atoms with van der Waals surface area (Å²) in [6, 6.07) is 0.374. The molecule has 0 fully saturated rings. The molecule has 18 heavy (non-hydrogen) atoms. The summed E-state index contributed by atoms with van der Waals surface area (Å²) in [7, 11) is 0. The summed E-state index contributed by atoms with van der Waals surface area (Å²) in [6.45, 7) is 13.3. The number of nitrogens with zero attached hydrogens (tertiary/aromatic N) is 1. The quantitative estimate of drug-likeness (QED) is 0.649. The van der Waals surface area contributed by atoms with E-state index in [0.717, 1.165) is 19.5 Å². The van der Waals surface area contributed by atoms with E-state index < -0.39 is 5.97 Å². The maximum atomic E-state index is 10.6. The SMILES string of the molecule is CC(C)CCN(CCC(C)C)C(C)CCC(=O)O. The van der Waals surface area contributed by atoms with Crippen LogP contribution < -0.4 is 0 Å². The van der Waals surface area contributed by atoms with Crippen molar-refractivity contribution in [2.75, 3.05) is 13.1 Å². The van der Waals surface area contributed by atoms with Crippen LogP contribution in [0.3, 0.4) is 0 Å². The Kier molecular flexibility index (Phi) is 9.08. The molecule has 0 heterocycles. The molecule has 1 unspecified atom stereocenters. The molecule has 0 saturated carbocycles. The summed E-state index contributed by atoms with van der Waals surface area (Å²) in [5.74, 6) is 0.728. The second-order valence-electron chi connectivity index (χ2n) is 6.18. The first-order valence-electron chi connectivity index (χ1n) is 7.28. The van der Waals surface area contributed by atoms with E-state index in [1.54, 1.807) is 0 Å². The van der Waals surface area contributed by atoms with Gasteiger partial charge in [-0.15, -0.1) is 0 Å². The summed E-state index contributed by atoms with van der Waals surface area (Å²) in [6.07, 6.45) is 3.41. The lowest BCUT2D eigenvalue weighted by molar-refractivity contribution is -0.137. The lowest BCUT2D eigenvalue weighted by atomic mass is 10.1. The number of carboxylic acid groups (broad SMARTS) is 1. The maximum Gasteiger partial charge on any atom is 0.303 e. The van der Waals surface area contributed by atoms with E-state index in [1.807, 2.05) is 0 Å². The molecule has 0 rings (SSSR count). The first-order valence-corrected chi connectivity index (χ1v) is 7.28. The first kappa shape index (κ1) is 17.4. The van der Waals surface area contributed by atoms with Crippen molar-refractivity contribution in [3.05, 3.63) is 0 Å². The van der Waals surface area contributed by atoms with E-state index in [2.05, 4.69) is 39.5 Å². The standard InChI is InChI=1S/C15H31NO2/c1-12(2)8-10-16(11-9-13(3)4)14(5)6-7-15(17)18/h12-14H,6-11H2,1-5H3,(H,17,18). The zero-order valence-corrected chi connectivity index (χ0v) is 12.8. The van der Waals surface area contributed by atoms with Crippen LogP contribution in [0, 0.1) is 11.8 Å². The third-order valence-corrected chi connectivity index (χ3v) is 3.39. The highest BCUT2D eigenvalue weighted by atomic mass is 16.4. The molecule has 0 amide bonds. The van der Waals surface area contributed by atoms with E-state index in [1.165, 1.54) is 12.8 Å². The van der Waals surface area contributed by atoms with Crippen molar-refractivity contribution in [1.82, 2.24) is 4.90 Å². The number of hydrogen-bond donors (Lipinski definition) is 1. The van der Waals surface area contributed by atoms with Gasteiger partial charge >= 0.3 is 5.97 Å². The van der Waals surface area contributed by atoms with Gasteiger partial charge in [-0.05, 0) is 51.1 Å². The Morgan fingerprint density at radius 1 is 0.944 bits per heavy atom. The highest BCUT2D eigenvalue weighted by Gasteiger charge is 2.15. The average Bonchev–Trinajstić information content (AvgIpc) is 2.25. The number of carboxylic acids is 1. The Balaban J connectivity index is 4.19. The van der Waals surface area contributed by atoms with Crippen molar-refractivity contribution in [2.45, 2.75) is 66.3 Å². The molecule has 0 aliphatic heterocycles. The van der Waals surface area contributed by atoms with Gasteiger partial charge < -0.3 is 10.0 Å². The molecule has 0 aliphatic carbocycles. The van der Waals surface area contributed by atoms with Crippen molar-refractivity contribution >= 4 is 5.97 Å². The lowest BCUT2D eigenvalue weighted by Crippen LogP contribution is -2.36. The fraction of sp³-hybridized carbons (Fsp3) is 0.933. The van der Waals surface area contributed by atoms with E-state index in [-0.39, 0.29) is 6.42 Å². The zero-order valence-electron chi connectivity index (χ0n) is 12.8. The van der Waals surface area contributed by atoms with Crippen molar-refractivity contribution in [3.8, 4) is 0 Å². The van der Waals surface area contributed by atoms with Gasteiger partial charge in [-0.3, -0.25) is 4.79 Å². The molecule has 0 spiro atoms. The minimum absolute atomic E-state index is 0.279. The van der Waals surface area contributed by atoms with E-state index in [4.69, 9.17) is 5.11 Å². The molecule has 0 aromatic heterocycles. The topological polar surface area (TPSA) is 40.5 Å². The summed E-state index contributed by atoms with van der Waals surface area (Å²) in [5, 5.41) is 8.76. The maximum absolute atomic E-state index is 10.6. The van der Waals surface area contributed by atoms with Crippen molar-refractivity contribution in [2.24, 2.45) is 11.8 Å². The van der Waals surface area contributed by atoms with Crippen LogP contribution in [0.4, 0.5) is 0 Å². The minimum Gasteiger partial charge on any atom is -0.481 e. The molecular weight excluding hydrogens is 226 g/mol. The lowest BCUT2D eigenvalue weighted by Gasteiger charge is -2.30. The molecule has 108 valence electrons. The first-order chi connectivity index (χ1) is 8.32. The Bertz CT molecular complexity index is 215. The average molecular weight is 257 g/mol. The molecule has 3 heteroatoms. The van der Waals surface area contributed by atoms with Crippen LogP contribution >= 0.6 is 0 Å². The summed E-state index contributed by atoms with van der Waals surface area (Å²) in [4.78, 5) is 13.1.